The summed E-state index contributed by atoms with van der Waals surface area (Å²) in [5.41, 5.74) is 3.26. The smallest absolute Gasteiger partial charge is 0.274 e. The van der Waals surface area contributed by atoms with E-state index in [0.29, 0.717) is 17.7 Å². The zero-order valence-electron chi connectivity index (χ0n) is 7.78. The lowest BCUT2D eigenvalue weighted by molar-refractivity contribution is 0.0364. The molecule has 1 N–H and O–H groups in total. The van der Waals surface area contributed by atoms with E-state index in [2.05, 4.69) is 5.48 Å². The largest absolute Gasteiger partial charge is 0.274 e. The zero-order valence-corrected chi connectivity index (χ0v) is 7.78. The van der Waals surface area contributed by atoms with Crippen LogP contribution in [0.4, 0.5) is 0 Å². The number of hydrogen-bond donors (Lipinski definition) is 1. The van der Waals surface area contributed by atoms with Gasteiger partial charge < -0.3 is 0 Å². The highest BCUT2D eigenvalue weighted by molar-refractivity contribution is 5.93. The first-order valence-electron chi connectivity index (χ1n) is 4.20. The molecule has 0 bridgehead atoms. The number of nitriles is 1. The summed E-state index contributed by atoms with van der Waals surface area (Å²) in [5, 5.41) is 8.53. The first-order valence-corrected chi connectivity index (χ1v) is 4.20. The summed E-state index contributed by atoms with van der Waals surface area (Å²) < 4.78 is 0. The molecule has 14 heavy (non-hydrogen) atoms. The molecule has 0 aliphatic heterocycles. The molecular formula is C10H10N2O2. The SMILES string of the molecule is CCONC(=O)c1ccc(C#N)cc1. The average Bonchev–Trinajstić information content (AvgIpc) is 2.26. The summed E-state index contributed by atoms with van der Waals surface area (Å²) in [5.74, 6) is -0.309. The highest BCUT2D eigenvalue weighted by Crippen LogP contribution is 2.02. The lowest BCUT2D eigenvalue weighted by Gasteiger charge is -2.02. The van der Waals surface area contributed by atoms with Gasteiger partial charge in [-0.3, -0.25) is 9.63 Å². The molecule has 0 heterocycles. The van der Waals surface area contributed by atoms with E-state index in [1.165, 1.54) is 0 Å². The molecule has 0 saturated carbocycles. The van der Waals surface area contributed by atoms with Crippen LogP contribution in [0.15, 0.2) is 24.3 Å². The van der Waals surface area contributed by atoms with Gasteiger partial charge in [-0.25, -0.2) is 5.48 Å². The summed E-state index contributed by atoms with van der Waals surface area (Å²) in [6, 6.07) is 8.29. The molecule has 0 aromatic heterocycles. The molecule has 0 atom stereocenters. The van der Waals surface area contributed by atoms with E-state index in [-0.39, 0.29) is 5.91 Å². The van der Waals surface area contributed by atoms with Crippen LogP contribution in [0.1, 0.15) is 22.8 Å². The monoisotopic (exact) mass is 190 g/mol. The lowest BCUT2D eigenvalue weighted by atomic mass is 10.1. The first kappa shape index (κ1) is 10.2. The molecular weight excluding hydrogens is 180 g/mol. The standard InChI is InChI=1S/C10H10N2O2/c1-2-14-12-10(13)9-5-3-8(7-11)4-6-9/h3-6H,2H2,1H3,(H,12,13). The van der Waals surface area contributed by atoms with Crippen molar-refractivity contribution in [1.29, 1.82) is 5.26 Å². The maximum absolute atomic E-state index is 11.3. The predicted molar refractivity (Wildman–Crippen MR) is 50.2 cm³/mol. The molecule has 0 radical (unpaired) electrons. The molecule has 72 valence electrons. The van der Waals surface area contributed by atoms with Crippen LogP contribution in [0.3, 0.4) is 0 Å². The predicted octanol–water partition coefficient (Wildman–Crippen LogP) is 1.24. The number of nitrogens with one attached hydrogen (secondary N) is 1. The van der Waals surface area contributed by atoms with Crippen LogP contribution >= 0.6 is 0 Å². The van der Waals surface area contributed by atoms with Crippen molar-refractivity contribution in [2.24, 2.45) is 0 Å². The Morgan fingerprint density at radius 3 is 2.64 bits per heavy atom. The number of hydroxylamine groups is 1. The van der Waals surface area contributed by atoms with Crippen molar-refractivity contribution in [3.8, 4) is 6.07 Å². The number of nitrogens with zero attached hydrogens (tertiary/aromatic N) is 1. The third kappa shape index (κ3) is 2.57. The Balaban J connectivity index is 2.68. The Bertz CT molecular complexity index is 351. The average molecular weight is 190 g/mol. The topological polar surface area (TPSA) is 62.1 Å². The number of hydrogen-bond acceptors (Lipinski definition) is 3. The van der Waals surface area contributed by atoms with E-state index in [1.54, 1.807) is 31.2 Å². The first-order chi connectivity index (χ1) is 6.77. The van der Waals surface area contributed by atoms with Gasteiger partial charge >= 0.3 is 0 Å². The van der Waals surface area contributed by atoms with Crippen LogP contribution in [-0.4, -0.2) is 12.5 Å². The highest BCUT2D eigenvalue weighted by atomic mass is 16.6. The Kier molecular flexibility index (Phi) is 3.65. The minimum absolute atomic E-state index is 0.309. The van der Waals surface area contributed by atoms with Crippen molar-refractivity contribution >= 4 is 5.91 Å². The summed E-state index contributed by atoms with van der Waals surface area (Å²) in [7, 11) is 0. The number of amides is 1. The Morgan fingerprint density at radius 1 is 1.50 bits per heavy atom. The maximum Gasteiger partial charge on any atom is 0.274 e. The van der Waals surface area contributed by atoms with E-state index in [9.17, 15) is 4.79 Å². The van der Waals surface area contributed by atoms with Crippen LogP contribution in [-0.2, 0) is 4.84 Å². The molecule has 0 fully saturated rings. The van der Waals surface area contributed by atoms with Crippen molar-refractivity contribution < 1.29 is 9.63 Å². The second-order valence-corrected chi connectivity index (χ2v) is 2.55. The second kappa shape index (κ2) is 5.00. The maximum atomic E-state index is 11.3. The lowest BCUT2D eigenvalue weighted by Crippen LogP contribution is -2.23. The number of benzene rings is 1. The summed E-state index contributed by atoms with van der Waals surface area (Å²) in [4.78, 5) is 16.0. The zero-order chi connectivity index (χ0) is 10.4. The molecule has 0 saturated heterocycles. The van der Waals surface area contributed by atoms with Gasteiger partial charge in [0.15, 0.2) is 0 Å². The van der Waals surface area contributed by atoms with Crippen LogP contribution in [0, 0.1) is 11.3 Å². The quantitative estimate of drug-likeness (QED) is 0.729. The van der Waals surface area contributed by atoms with Crippen molar-refractivity contribution in [1.82, 2.24) is 5.48 Å². The molecule has 1 aromatic carbocycles. The Labute approximate surface area is 82.1 Å². The Hall–Kier alpha value is -1.86. The number of carbonyl (C=O) groups excluding carboxylic acids is 1. The second-order valence-electron chi connectivity index (χ2n) is 2.55. The van der Waals surface area contributed by atoms with E-state index in [1.807, 2.05) is 6.07 Å². The van der Waals surface area contributed by atoms with E-state index in [4.69, 9.17) is 10.1 Å². The van der Waals surface area contributed by atoms with Crippen LogP contribution in [0.25, 0.3) is 0 Å². The van der Waals surface area contributed by atoms with Gasteiger partial charge in [-0.2, -0.15) is 5.26 Å². The summed E-state index contributed by atoms with van der Waals surface area (Å²) in [6.45, 7) is 2.20. The van der Waals surface area contributed by atoms with Gasteiger partial charge in [0, 0.05) is 5.56 Å². The van der Waals surface area contributed by atoms with Crippen LogP contribution in [0.2, 0.25) is 0 Å². The molecule has 0 spiro atoms. The van der Waals surface area contributed by atoms with Crippen molar-refractivity contribution in [3.63, 3.8) is 0 Å². The van der Waals surface area contributed by atoms with Gasteiger partial charge in [0.2, 0.25) is 0 Å². The van der Waals surface area contributed by atoms with E-state index >= 15 is 0 Å². The molecule has 1 amide bonds. The van der Waals surface area contributed by atoms with Gasteiger partial charge in [-0.15, -0.1) is 0 Å². The van der Waals surface area contributed by atoms with Gasteiger partial charge in [-0.1, -0.05) is 0 Å². The normalized spacial score (nSPS) is 9.14. The van der Waals surface area contributed by atoms with Crippen molar-refractivity contribution in [2.45, 2.75) is 6.92 Å². The Morgan fingerprint density at radius 2 is 2.14 bits per heavy atom. The fourth-order valence-electron chi connectivity index (χ4n) is 0.893. The molecule has 0 unspecified atom stereocenters. The molecule has 1 aromatic rings. The molecule has 0 aliphatic carbocycles. The summed E-state index contributed by atoms with van der Waals surface area (Å²) in [6.07, 6.45) is 0. The summed E-state index contributed by atoms with van der Waals surface area (Å²) >= 11 is 0. The van der Waals surface area contributed by atoms with Gasteiger partial charge in [0.1, 0.15) is 0 Å². The molecule has 1 rings (SSSR count). The molecule has 0 aliphatic rings. The third-order valence-corrected chi connectivity index (χ3v) is 1.59. The molecule has 4 nitrogen and oxygen atoms in total. The number of rotatable bonds is 3. The third-order valence-electron chi connectivity index (χ3n) is 1.59. The number of carbonyl (C=O) groups is 1. The van der Waals surface area contributed by atoms with Crippen molar-refractivity contribution in [3.05, 3.63) is 35.4 Å². The fraction of sp³-hybridized carbons (Fsp3) is 0.200. The minimum Gasteiger partial charge on any atom is -0.274 e. The fourth-order valence-corrected chi connectivity index (χ4v) is 0.893. The van der Waals surface area contributed by atoms with Crippen molar-refractivity contribution in [2.75, 3.05) is 6.61 Å². The van der Waals surface area contributed by atoms with E-state index in [0.717, 1.165) is 0 Å². The molecule has 4 heteroatoms. The van der Waals surface area contributed by atoms with Crippen LogP contribution < -0.4 is 5.48 Å². The minimum atomic E-state index is -0.309. The van der Waals surface area contributed by atoms with Crippen LogP contribution in [0.5, 0.6) is 0 Å². The van der Waals surface area contributed by atoms with Gasteiger partial charge in [0.25, 0.3) is 5.91 Å². The van der Waals surface area contributed by atoms with Gasteiger partial charge in [-0.05, 0) is 31.2 Å². The highest BCUT2D eigenvalue weighted by Gasteiger charge is 2.03. The van der Waals surface area contributed by atoms with Gasteiger partial charge in [0.05, 0.1) is 18.2 Å². The van der Waals surface area contributed by atoms with E-state index < -0.39 is 0 Å².